The zero-order valence-electron chi connectivity index (χ0n) is 31.0. The summed E-state index contributed by atoms with van der Waals surface area (Å²) < 4.78 is 18.7. The number of aliphatic hydroxyl groups is 1. The quantitative estimate of drug-likeness (QED) is 0.117. The van der Waals surface area contributed by atoms with Crippen LogP contribution in [0, 0.1) is 25.2 Å². The van der Waals surface area contributed by atoms with Crippen molar-refractivity contribution in [3.05, 3.63) is 105 Å². The molecule has 0 radical (unpaired) electrons. The van der Waals surface area contributed by atoms with Gasteiger partial charge in [0.15, 0.2) is 0 Å². The van der Waals surface area contributed by atoms with Crippen LogP contribution in [-0.2, 0) is 29.3 Å². The molecule has 5 rings (SSSR count). The van der Waals surface area contributed by atoms with Gasteiger partial charge in [-0.2, -0.15) is 5.26 Å². The van der Waals surface area contributed by atoms with Gasteiger partial charge in [0.1, 0.15) is 42.1 Å². The van der Waals surface area contributed by atoms with E-state index in [4.69, 9.17) is 25.8 Å². The van der Waals surface area contributed by atoms with Crippen molar-refractivity contribution in [2.75, 3.05) is 46.4 Å². The highest BCUT2D eigenvalue weighted by atomic mass is 35.5. The van der Waals surface area contributed by atoms with Gasteiger partial charge in [-0.05, 0) is 73.2 Å². The standard InChI is InChI=1S/C41H46ClN5O7/c1-27-31(8-5-9-33(27)34-10-6-11-36(28(34)2)52-15-7-12-47-14-13-46(4)39(49)23-47)25-54-38-18-37(53-24-30-16-29(19-43)20-44-21-30)32(17-35(38)42)22-45-41(3,26-48)40(50)51/h5-6,8-11,16-18,20-21,45,48H,7,12-15,22-26H2,1-4H3,(H,50,51). The Morgan fingerprint density at radius 1 is 0.981 bits per heavy atom. The summed E-state index contributed by atoms with van der Waals surface area (Å²) >= 11 is 6.73. The Balaban J connectivity index is 1.30. The summed E-state index contributed by atoms with van der Waals surface area (Å²) in [5.41, 5.74) is 5.11. The van der Waals surface area contributed by atoms with Gasteiger partial charge >= 0.3 is 5.97 Å². The number of carbonyl (C=O) groups is 2. The number of carboxylic acids is 1. The molecule has 1 aliphatic heterocycles. The number of aromatic nitrogens is 1. The first-order valence-corrected chi connectivity index (χ1v) is 18.1. The van der Waals surface area contributed by atoms with Gasteiger partial charge in [-0.15, -0.1) is 0 Å². The Morgan fingerprint density at radius 3 is 2.44 bits per heavy atom. The average Bonchev–Trinajstić information content (AvgIpc) is 3.17. The summed E-state index contributed by atoms with van der Waals surface area (Å²) in [5.74, 6) is 0.497. The van der Waals surface area contributed by atoms with E-state index in [0.29, 0.717) is 46.4 Å². The van der Waals surface area contributed by atoms with Gasteiger partial charge in [0, 0.05) is 62.8 Å². The molecule has 284 valence electrons. The largest absolute Gasteiger partial charge is 0.493 e. The van der Waals surface area contributed by atoms with Gasteiger partial charge in [0.25, 0.3) is 0 Å². The van der Waals surface area contributed by atoms with Gasteiger partial charge < -0.3 is 29.3 Å². The molecule has 1 saturated heterocycles. The third-order valence-corrected chi connectivity index (χ3v) is 10.0. The molecular formula is C41H46ClN5O7. The summed E-state index contributed by atoms with van der Waals surface area (Å²) in [6.45, 7) is 8.58. The van der Waals surface area contributed by atoms with Crippen LogP contribution in [0.1, 0.15) is 46.7 Å². The number of pyridine rings is 1. The summed E-state index contributed by atoms with van der Waals surface area (Å²) in [6, 6.07) is 19.1. The van der Waals surface area contributed by atoms with Gasteiger partial charge in [-0.25, -0.2) is 0 Å². The first-order chi connectivity index (χ1) is 25.9. The lowest BCUT2D eigenvalue weighted by Crippen LogP contribution is -2.52. The van der Waals surface area contributed by atoms with Crippen LogP contribution in [-0.4, -0.2) is 88.9 Å². The number of aliphatic carboxylic acids is 1. The van der Waals surface area contributed by atoms with Gasteiger partial charge in [-0.3, -0.25) is 24.8 Å². The van der Waals surface area contributed by atoms with Crippen molar-refractivity contribution in [3.8, 4) is 34.4 Å². The first-order valence-electron chi connectivity index (χ1n) is 17.7. The minimum atomic E-state index is -1.59. The van der Waals surface area contributed by atoms with Crippen LogP contribution in [0.15, 0.2) is 67.0 Å². The van der Waals surface area contributed by atoms with E-state index in [0.717, 1.165) is 59.6 Å². The van der Waals surface area contributed by atoms with Crippen LogP contribution in [0.2, 0.25) is 5.02 Å². The zero-order valence-corrected chi connectivity index (χ0v) is 31.8. The minimum absolute atomic E-state index is 0.0235. The molecule has 0 saturated carbocycles. The molecule has 3 N–H and O–H groups in total. The Morgan fingerprint density at radius 2 is 1.72 bits per heavy atom. The van der Waals surface area contributed by atoms with E-state index >= 15 is 0 Å². The lowest BCUT2D eigenvalue weighted by Gasteiger charge is -2.31. The molecule has 54 heavy (non-hydrogen) atoms. The zero-order chi connectivity index (χ0) is 38.8. The molecule has 1 aliphatic rings. The fourth-order valence-electron chi connectivity index (χ4n) is 6.06. The molecule has 0 spiro atoms. The molecule has 12 nitrogen and oxygen atoms in total. The molecule has 1 unspecified atom stereocenters. The van der Waals surface area contributed by atoms with Crippen molar-refractivity contribution in [2.24, 2.45) is 0 Å². The van der Waals surface area contributed by atoms with Gasteiger partial charge in [0.2, 0.25) is 5.91 Å². The Kier molecular flexibility index (Phi) is 13.5. The molecule has 1 atom stereocenters. The van der Waals surface area contributed by atoms with Crippen LogP contribution in [0.5, 0.6) is 17.2 Å². The first kappa shape index (κ1) is 40.0. The fraction of sp³-hybridized carbons (Fsp3) is 0.366. The van der Waals surface area contributed by atoms with Crippen molar-refractivity contribution < 1.29 is 34.0 Å². The highest BCUT2D eigenvalue weighted by molar-refractivity contribution is 6.32. The number of hydrogen-bond donors (Lipinski definition) is 3. The van der Waals surface area contributed by atoms with Crippen molar-refractivity contribution in [2.45, 2.75) is 52.5 Å². The SMILES string of the molecule is Cc1c(COc2cc(OCc3cncc(C#N)c3)c(CNC(C)(CO)C(=O)O)cc2Cl)cccc1-c1cccc(OCCCN2CCN(C)C(=O)C2)c1C. The highest BCUT2D eigenvalue weighted by Gasteiger charge is 2.32. The number of carboxylic acid groups (broad SMARTS) is 1. The maximum Gasteiger partial charge on any atom is 0.326 e. The number of nitrogens with one attached hydrogen (secondary N) is 1. The molecular weight excluding hydrogens is 710 g/mol. The third-order valence-electron chi connectivity index (χ3n) is 9.71. The van der Waals surface area contributed by atoms with Crippen molar-refractivity contribution >= 4 is 23.5 Å². The topological polar surface area (TPSA) is 157 Å². The number of amides is 1. The number of likely N-dealkylation sites (N-methyl/N-ethyl adjacent to an activating group) is 1. The number of aliphatic hydroxyl groups excluding tert-OH is 1. The van der Waals surface area contributed by atoms with E-state index < -0.39 is 18.1 Å². The van der Waals surface area contributed by atoms with E-state index in [-0.39, 0.29) is 25.7 Å². The predicted molar refractivity (Wildman–Crippen MR) is 205 cm³/mol. The second kappa shape index (κ2) is 18.2. The Hall–Kier alpha value is -5.19. The number of ether oxygens (including phenoxy) is 3. The molecule has 2 heterocycles. The van der Waals surface area contributed by atoms with Crippen LogP contribution >= 0.6 is 11.6 Å². The van der Waals surface area contributed by atoms with Crippen LogP contribution in [0.3, 0.4) is 0 Å². The lowest BCUT2D eigenvalue weighted by molar-refractivity contribution is -0.146. The fourth-order valence-corrected chi connectivity index (χ4v) is 6.30. The Labute approximate surface area is 320 Å². The average molecular weight is 756 g/mol. The summed E-state index contributed by atoms with van der Waals surface area (Å²) in [4.78, 5) is 31.9. The maximum atomic E-state index is 12.0. The van der Waals surface area contributed by atoms with Crippen LogP contribution in [0.4, 0.5) is 0 Å². The lowest BCUT2D eigenvalue weighted by atomic mass is 9.93. The normalized spacial score (nSPS) is 14.3. The highest BCUT2D eigenvalue weighted by Crippen LogP contribution is 2.36. The molecule has 0 bridgehead atoms. The Bertz CT molecular complexity index is 2020. The minimum Gasteiger partial charge on any atom is -0.493 e. The number of nitrogens with zero attached hydrogens (tertiary/aromatic N) is 4. The van der Waals surface area contributed by atoms with Gasteiger partial charge in [-0.1, -0.05) is 41.9 Å². The van der Waals surface area contributed by atoms with E-state index in [1.165, 1.54) is 13.1 Å². The smallest absolute Gasteiger partial charge is 0.326 e. The van der Waals surface area contributed by atoms with Gasteiger partial charge in [0.05, 0.1) is 30.3 Å². The summed E-state index contributed by atoms with van der Waals surface area (Å²) in [7, 11) is 1.84. The number of hydrogen-bond acceptors (Lipinski definition) is 10. The van der Waals surface area contributed by atoms with Crippen LogP contribution < -0.4 is 19.5 Å². The van der Waals surface area contributed by atoms with Crippen molar-refractivity contribution in [3.63, 3.8) is 0 Å². The monoisotopic (exact) mass is 755 g/mol. The third kappa shape index (κ3) is 9.86. The number of halogens is 1. The van der Waals surface area contributed by atoms with Crippen LogP contribution in [0.25, 0.3) is 11.1 Å². The van der Waals surface area contributed by atoms with E-state index in [9.17, 15) is 25.1 Å². The van der Waals surface area contributed by atoms with E-state index in [1.807, 2.05) is 38.2 Å². The van der Waals surface area contributed by atoms with Crippen molar-refractivity contribution in [1.29, 1.82) is 5.26 Å². The summed E-state index contributed by atoms with van der Waals surface area (Å²) in [5, 5.41) is 31.9. The molecule has 1 amide bonds. The van der Waals surface area contributed by atoms with E-state index in [2.05, 4.69) is 40.3 Å². The number of carbonyl (C=O) groups excluding carboxylic acids is 1. The molecule has 0 aliphatic carbocycles. The molecule has 13 heteroatoms. The van der Waals surface area contributed by atoms with E-state index in [1.54, 1.807) is 29.3 Å². The molecule has 1 aromatic heterocycles. The molecule has 1 fully saturated rings. The maximum absolute atomic E-state index is 12.0. The molecule has 3 aromatic carbocycles. The number of nitriles is 1. The molecule has 4 aromatic rings. The van der Waals surface area contributed by atoms with Crippen molar-refractivity contribution in [1.82, 2.24) is 20.1 Å². The number of piperazine rings is 1. The predicted octanol–water partition coefficient (Wildman–Crippen LogP) is 5.52. The summed E-state index contributed by atoms with van der Waals surface area (Å²) in [6.07, 6.45) is 3.87. The number of benzene rings is 3. The second-order valence-corrected chi connectivity index (χ2v) is 14.0. The number of rotatable bonds is 17. The second-order valence-electron chi connectivity index (χ2n) is 13.6.